The van der Waals surface area contributed by atoms with Crippen LogP contribution in [0.15, 0.2) is 146 Å². The number of nitrogens with one attached hydrogen (secondary N) is 2. The second kappa shape index (κ2) is 36.9. The lowest BCUT2D eigenvalue weighted by Crippen LogP contribution is -2.46. The van der Waals surface area contributed by atoms with Gasteiger partial charge in [-0.15, -0.1) is 35.6 Å². The molecular formula is C75H82Cl3F3N16O4. The number of ether oxygens (including phenoxy) is 3. The molecule has 5 fully saturated rings. The van der Waals surface area contributed by atoms with Gasteiger partial charge in [0.15, 0.2) is 29.5 Å². The van der Waals surface area contributed by atoms with Crippen molar-refractivity contribution in [2.24, 2.45) is 0 Å². The highest BCUT2D eigenvalue weighted by atomic mass is 35.5. The first-order valence-electron chi connectivity index (χ1n) is 33.7. The number of carbonyl (C=O) groups excluding carboxylic acids is 1. The van der Waals surface area contributed by atoms with Crippen LogP contribution >= 0.6 is 35.6 Å². The largest absolute Gasteiger partial charge is 0.497 e. The van der Waals surface area contributed by atoms with E-state index in [0.29, 0.717) is 52.4 Å². The first-order valence-corrected chi connectivity index (χ1v) is 34.8. The van der Waals surface area contributed by atoms with Crippen LogP contribution in [0.5, 0.6) is 5.75 Å². The number of halogens is 6. The van der Waals surface area contributed by atoms with E-state index in [1.807, 2.05) is 97.0 Å². The first kappa shape index (κ1) is 74.5. The third-order valence-electron chi connectivity index (χ3n) is 18.4. The summed E-state index contributed by atoms with van der Waals surface area (Å²) in [5, 5.41) is 20.9. The van der Waals surface area contributed by atoms with Crippen molar-refractivity contribution in [3.05, 3.63) is 231 Å². The van der Waals surface area contributed by atoms with E-state index < -0.39 is 0 Å². The maximum atomic E-state index is 14.3. The molecule has 15 rings (SSSR count). The second-order valence-electron chi connectivity index (χ2n) is 24.7. The molecular weight excluding hydrogens is 1350 g/mol. The molecule has 2 unspecified atom stereocenters. The van der Waals surface area contributed by atoms with Gasteiger partial charge in [0, 0.05) is 146 Å². The molecule has 101 heavy (non-hydrogen) atoms. The zero-order valence-electron chi connectivity index (χ0n) is 56.4. The van der Waals surface area contributed by atoms with Gasteiger partial charge in [-0.1, -0.05) is 48.5 Å². The van der Waals surface area contributed by atoms with Gasteiger partial charge < -0.3 is 39.1 Å². The molecule has 6 aliphatic rings. The van der Waals surface area contributed by atoms with Gasteiger partial charge in [-0.2, -0.15) is 15.3 Å². The highest BCUT2D eigenvalue weighted by Gasteiger charge is 2.31. The van der Waals surface area contributed by atoms with Crippen molar-refractivity contribution in [3.8, 4) is 5.75 Å². The van der Waals surface area contributed by atoms with Crippen molar-refractivity contribution in [2.45, 2.75) is 82.4 Å². The lowest BCUT2D eigenvalue weighted by molar-refractivity contribution is -0.0421. The van der Waals surface area contributed by atoms with Crippen LogP contribution in [0.2, 0.25) is 0 Å². The fourth-order valence-corrected chi connectivity index (χ4v) is 13.5. The fourth-order valence-electron chi connectivity index (χ4n) is 13.1. The highest BCUT2D eigenvalue weighted by Crippen LogP contribution is 2.40. The number of aromatic amines is 1. The molecule has 0 radical (unpaired) electrons. The van der Waals surface area contributed by atoms with Crippen molar-refractivity contribution in [1.29, 1.82) is 0 Å². The van der Waals surface area contributed by atoms with E-state index in [1.165, 1.54) is 36.7 Å². The molecule has 0 aliphatic carbocycles. The minimum Gasteiger partial charge on any atom is -0.497 e. The van der Waals surface area contributed by atoms with E-state index in [-0.39, 0.29) is 48.2 Å². The van der Waals surface area contributed by atoms with Gasteiger partial charge in [0.1, 0.15) is 23.2 Å². The highest BCUT2D eigenvalue weighted by molar-refractivity contribution is 6.26. The van der Waals surface area contributed by atoms with Crippen LogP contribution in [0.25, 0.3) is 25.3 Å². The van der Waals surface area contributed by atoms with Crippen LogP contribution in [-0.2, 0) is 40.9 Å². The van der Waals surface area contributed by atoms with E-state index >= 15 is 0 Å². The summed E-state index contributed by atoms with van der Waals surface area (Å²) in [7, 11) is 1.64. The van der Waals surface area contributed by atoms with E-state index in [9.17, 15) is 18.0 Å². The molecule has 3 aromatic heterocycles. The molecule has 9 heterocycles. The number of anilines is 4. The number of H-pyrrole nitrogens is 1. The number of benzene rings is 6. The molecule has 9 aromatic rings. The van der Waals surface area contributed by atoms with E-state index in [4.69, 9.17) is 57.1 Å². The average molecular weight is 1430 g/mol. The number of aromatic nitrogens is 6. The smallest absolute Gasteiger partial charge is 0.259 e. The summed E-state index contributed by atoms with van der Waals surface area (Å²) in [5.41, 5.74) is 9.93. The van der Waals surface area contributed by atoms with Crippen LogP contribution in [0.1, 0.15) is 89.5 Å². The first-order chi connectivity index (χ1) is 48.9. The summed E-state index contributed by atoms with van der Waals surface area (Å²) in [4.78, 5) is 35.2. The Balaban J connectivity index is 0.000000139. The van der Waals surface area contributed by atoms with Crippen LogP contribution < -0.4 is 29.7 Å². The number of rotatable bonds is 14. The third kappa shape index (κ3) is 19.1. The Labute approximate surface area is 603 Å². The zero-order chi connectivity index (χ0) is 69.7. The zero-order valence-corrected chi connectivity index (χ0v) is 58.7. The van der Waals surface area contributed by atoms with Crippen molar-refractivity contribution in [3.63, 3.8) is 0 Å². The molecule has 0 saturated carbocycles. The summed E-state index contributed by atoms with van der Waals surface area (Å²) in [5.74, 6) is 0.856. The van der Waals surface area contributed by atoms with E-state index in [1.54, 1.807) is 55.9 Å². The molecule has 6 aliphatic heterocycles. The summed E-state index contributed by atoms with van der Waals surface area (Å²) in [6.45, 7) is 34.5. The molecule has 2 atom stereocenters. The van der Waals surface area contributed by atoms with Gasteiger partial charge in [0.05, 0.1) is 73.4 Å². The van der Waals surface area contributed by atoms with Gasteiger partial charge in [-0.25, -0.2) is 37.1 Å². The van der Waals surface area contributed by atoms with Crippen molar-refractivity contribution in [2.75, 3.05) is 118 Å². The Hall–Kier alpha value is -9.19. The molecule has 0 bridgehead atoms. The second-order valence-corrected chi connectivity index (χ2v) is 25.3. The van der Waals surface area contributed by atoms with E-state index in [2.05, 4.69) is 61.0 Å². The van der Waals surface area contributed by atoms with Gasteiger partial charge in [0.25, 0.3) is 5.91 Å². The van der Waals surface area contributed by atoms with Crippen LogP contribution in [0.4, 0.5) is 53.0 Å². The minimum atomic E-state index is -0.315. The normalized spacial score (nSPS) is 17.4. The topological polar surface area (TPSA) is 154 Å². The van der Waals surface area contributed by atoms with Gasteiger partial charge in [-0.3, -0.25) is 19.7 Å². The quantitative estimate of drug-likeness (QED) is 0.0785. The minimum absolute atomic E-state index is 0. The summed E-state index contributed by atoms with van der Waals surface area (Å²) in [6, 6.07) is 37.6. The number of carbonyl (C=O) groups is 1. The summed E-state index contributed by atoms with van der Waals surface area (Å²) in [6.07, 6.45) is 12.3. The number of alkyl halides is 2. The molecule has 2 N–H and O–H groups in total. The molecule has 6 aromatic carbocycles. The van der Waals surface area contributed by atoms with Crippen molar-refractivity contribution in [1.82, 2.24) is 44.9 Å². The fraction of sp³-hybridized carbons (Fsp3) is 0.373. The Morgan fingerprint density at radius 1 is 0.564 bits per heavy atom. The van der Waals surface area contributed by atoms with Crippen molar-refractivity contribution >= 4 is 92.1 Å². The number of methoxy groups -OCH3 is 1. The predicted molar refractivity (Wildman–Crippen MR) is 393 cm³/mol. The van der Waals surface area contributed by atoms with Crippen molar-refractivity contribution < 1.29 is 32.2 Å². The van der Waals surface area contributed by atoms with Gasteiger partial charge >= 0.3 is 0 Å². The summed E-state index contributed by atoms with van der Waals surface area (Å²) >= 11 is 11.8. The molecule has 1 amide bonds. The lowest BCUT2D eigenvalue weighted by Gasteiger charge is -2.36. The maximum Gasteiger partial charge on any atom is 0.259 e. The number of nitrogens with zero attached hydrogens (tertiary/aromatic N) is 14. The molecule has 0 spiro atoms. The molecule has 5 saturated heterocycles. The number of piperazine rings is 3. The van der Waals surface area contributed by atoms with Crippen LogP contribution in [0.3, 0.4) is 0 Å². The maximum absolute atomic E-state index is 14.3. The Morgan fingerprint density at radius 2 is 1.08 bits per heavy atom. The number of hydrogen-bond acceptors (Lipinski definition) is 13. The third-order valence-corrected chi connectivity index (χ3v) is 19.0. The van der Waals surface area contributed by atoms with Crippen LogP contribution in [-0.4, -0.2) is 144 Å². The standard InChI is InChI=1S/C20H16ClNO2.C20H24FN5O.C15H16FN5.C11H12FN3.C9H13ClN2O.ClH/c1-24-15-8-5-13(6-9-15)12-22-18-10-7-14(11-21)16-3-2-4-17(19(16)18)20(22)23;1-22-16-5-6-19(18(21)14-16)25-11-9-24(10-12-25)15-17-7-8-23-26(17)20-4-2-3-13-27-20;1-17-12-2-3-15(14(16)10-12)21-8-6-20(7-9-21)11-13-4-5-18-19-13;1-13-9-2-3-11(10(12)8-9)15-6-4-14-5-7-15;10-7-8-4-5-11-12(8)9-3-1-2-6-13-9;/h2-10H,11-12H2,1H3;5-8,14,20H,2-4,9-13,15H2;2-5,10H,6-9,11H2,(H,18,19);2-3,8,14H,4-7H2;4-5,9H,1-3,6-7H2;1H. The van der Waals surface area contributed by atoms with Crippen LogP contribution in [0, 0.1) is 37.2 Å². The predicted octanol–water partition coefficient (Wildman–Crippen LogP) is 15.3. The SMILES string of the molecule is COc1ccc(CN2C(=O)c3cccc4c(CCl)ccc2c34)cc1.Cl.ClCc1ccnn1C1CCCCO1.[C-]#[N+]c1ccc(N2CCN(Cc3ccn[nH]3)CC2)c(F)c1.[C-]#[N+]c1ccc(N2CCN(Cc3ccnn3C3CCCCO3)CC2)c(F)c1.[C-]#[N+]c1ccc(N2CCNCC2)c(F)c1. The lowest BCUT2D eigenvalue weighted by atomic mass is 10.0. The molecule has 528 valence electrons. The Bertz CT molecular complexity index is 4280. The van der Waals surface area contributed by atoms with Gasteiger partial charge in [0.2, 0.25) is 0 Å². The summed E-state index contributed by atoms with van der Waals surface area (Å²) < 4.78 is 62.5. The van der Waals surface area contributed by atoms with Gasteiger partial charge in [-0.05, 0) is 134 Å². The number of amides is 1. The number of hydrogen-bond donors (Lipinski definition) is 2. The monoisotopic (exact) mass is 1430 g/mol. The Kier molecular flexibility index (Phi) is 27.2. The Morgan fingerprint density at radius 3 is 1.55 bits per heavy atom. The molecule has 26 heteroatoms. The molecule has 20 nitrogen and oxygen atoms in total. The van der Waals surface area contributed by atoms with E-state index in [0.717, 1.165) is 181 Å². The average Bonchev–Trinajstić information content (AvgIpc) is 1.59.